The fourth-order valence-corrected chi connectivity index (χ4v) is 3.29. The zero-order valence-corrected chi connectivity index (χ0v) is 15.1. The van der Waals surface area contributed by atoms with Gasteiger partial charge in [-0.15, -0.1) is 0 Å². The average Bonchev–Trinajstić information content (AvgIpc) is 3.11. The van der Waals surface area contributed by atoms with E-state index in [0.717, 1.165) is 36.3 Å². The number of imidazole rings is 1. The van der Waals surface area contributed by atoms with Gasteiger partial charge in [0.15, 0.2) is 0 Å². The first-order valence-electron chi connectivity index (χ1n) is 8.90. The van der Waals surface area contributed by atoms with Gasteiger partial charge >= 0.3 is 0 Å². The molecule has 0 saturated carbocycles. The highest BCUT2D eigenvalue weighted by molar-refractivity contribution is 5.99. The maximum Gasteiger partial charge on any atom is 0.233 e. The summed E-state index contributed by atoms with van der Waals surface area (Å²) in [7, 11) is 0. The van der Waals surface area contributed by atoms with E-state index >= 15 is 0 Å². The van der Waals surface area contributed by atoms with Gasteiger partial charge in [-0.2, -0.15) is 0 Å². The lowest BCUT2D eigenvalue weighted by atomic mass is 9.98. The zero-order valence-electron chi connectivity index (χ0n) is 15.1. The molecule has 2 atom stereocenters. The van der Waals surface area contributed by atoms with Crippen LogP contribution in [-0.4, -0.2) is 33.1 Å². The summed E-state index contributed by atoms with van der Waals surface area (Å²) < 4.78 is 0. The van der Waals surface area contributed by atoms with Crippen LogP contribution >= 0.6 is 0 Å². The molecule has 1 aromatic heterocycles. The number of hydrogen-bond acceptors (Lipinski definition) is 3. The molecule has 0 radical (unpaired) electrons. The minimum absolute atomic E-state index is 0.0813. The van der Waals surface area contributed by atoms with E-state index in [-0.39, 0.29) is 17.7 Å². The highest BCUT2D eigenvalue weighted by Crippen LogP contribution is 2.31. The lowest BCUT2D eigenvalue weighted by Crippen LogP contribution is -2.43. The summed E-state index contributed by atoms with van der Waals surface area (Å²) in [6, 6.07) is 8.19. The van der Waals surface area contributed by atoms with Crippen LogP contribution in [0.1, 0.15) is 50.5 Å². The van der Waals surface area contributed by atoms with Crippen molar-refractivity contribution in [3.8, 4) is 11.3 Å². The first-order valence-corrected chi connectivity index (χ1v) is 8.90. The van der Waals surface area contributed by atoms with Gasteiger partial charge in [0, 0.05) is 6.54 Å². The second-order valence-corrected chi connectivity index (χ2v) is 6.92. The Morgan fingerprint density at radius 2 is 1.96 bits per heavy atom. The van der Waals surface area contributed by atoms with Crippen LogP contribution in [0.4, 0.5) is 0 Å². The van der Waals surface area contributed by atoms with Crippen LogP contribution in [0.2, 0.25) is 0 Å². The summed E-state index contributed by atoms with van der Waals surface area (Å²) in [5.41, 5.74) is 3.24. The Balaban J connectivity index is 1.85. The molecule has 0 bridgehead atoms. The van der Waals surface area contributed by atoms with E-state index in [4.69, 9.17) is 0 Å². The van der Waals surface area contributed by atoms with Crippen LogP contribution in [0.5, 0.6) is 0 Å². The lowest BCUT2D eigenvalue weighted by molar-refractivity contribution is -0.143. The number of benzene rings is 1. The van der Waals surface area contributed by atoms with E-state index in [9.17, 15) is 9.59 Å². The van der Waals surface area contributed by atoms with Crippen molar-refractivity contribution < 1.29 is 9.59 Å². The van der Waals surface area contributed by atoms with Crippen molar-refractivity contribution in [3.63, 3.8) is 0 Å². The zero-order chi connectivity index (χ0) is 18.0. The third kappa shape index (κ3) is 3.65. The molecule has 132 valence electrons. The quantitative estimate of drug-likeness (QED) is 0.865. The first-order chi connectivity index (χ1) is 12.0. The van der Waals surface area contributed by atoms with Crippen LogP contribution in [0.25, 0.3) is 11.3 Å². The largest absolute Gasteiger partial charge is 0.340 e. The van der Waals surface area contributed by atoms with Gasteiger partial charge in [0.1, 0.15) is 11.6 Å². The van der Waals surface area contributed by atoms with E-state index < -0.39 is 5.92 Å². The Kier molecular flexibility index (Phi) is 5.02. The summed E-state index contributed by atoms with van der Waals surface area (Å²) in [6.07, 6.45) is 4.73. The van der Waals surface area contributed by atoms with Crippen molar-refractivity contribution in [2.75, 3.05) is 6.54 Å². The van der Waals surface area contributed by atoms with Gasteiger partial charge in [0.2, 0.25) is 5.91 Å². The Morgan fingerprint density at radius 1 is 1.24 bits per heavy atom. The normalized spacial score (nSPS) is 18.8. The molecular formula is C20H25N3O2. The first kappa shape index (κ1) is 17.4. The van der Waals surface area contributed by atoms with E-state index in [1.807, 2.05) is 11.1 Å². The number of nitrogens with zero attached hydrogens (tertiary/aromatic N) is 2. The third-order valence-corrected chi connectivity index (χ3v) is 5.04. The van der Waals surface area contributed by atoms with Crippen LogP contribution < -0.4 is 0 Å². The summed E-state index contributed by atoms with van der Waals surface area (Å²) in [4.78, 5) is 34.1. The van der Waals surface area contributed by atoms with Gasteiger partial charge in [-0.05, 0) is 45.6 Å². The van der Waals surface area contributed by atoms with Gasteiger partial charge < -0.3 is 9.88 Å². The topological polar surface area (TPSA) is 66.1 Å². The number of aryl methyl sites for hydroxylation is 1. The molecule has 1 amide bonds. The van der Waals surface area contributed by atoms with Crippen LogP contribution in [0.15, 0.2) is 30.5 Å². The highest BCUT2D eigenvalue weighted by atomic mass is 16.2. The number of hydrogen-bond donors (Lipinski definition) is 1. The molecule has 1 saturated heterocycles. The molecule has 25 heavy (non-hydrogen) atoms. The number of piperidine rings is 1. The van der Waals surface area contributed by atoms with Gasteiger partial charge in [-0.1, -0.05) is 29.8 Å². The molecule has 1 aromatic carbocycles. The number of carbonyl (C=O) groups is 2. The molecule has 3 rings (SSSR count). The number of likely N-dealkylation sites (tertiary alicyclic amines) is 1. The molecule has 2 heterocycles. The monoisotopic (exact) mass is 339 g/mol. The Labute approximate surface area is 148 Å². The Bertz CT molecular complexity index is 764. The van der Waals surface area contributed by atoms with E-state index in [1.165, 1.54) is 12.5 Å². The predicted octanol–water partition coefficient (Wildman–Crippen LogP) is 3.66. The number of Topliss-reactive ketones (excluding diaryl/α,β-unsaturated/α-hetero) is 1. The number of nitrogens with one attached hydrogen (secondary N) is 1. The maximum absolute atomic E-state index is 12.7. The molecule has 5 heteroatoms. The van der Waals surface area contributed by atoms with Gasteiger partial charge in [-0.3, -0.25) is 9.59 Å². The molecule has 1 fully saturated rings. The highest BCUT2D eigenvalue weighted by Gasteiger charge is 2.33. The maximum atomic E-state index is 12.7. The molecule has 1 N–H and O–H groups in total. The molecule has 1 aliphatic heterocycles. The molecular weight excluding hydrogens is 314 g/mol. The minimum Gasteiger partial charge on any atom is -0.340 e. The fraction of sp³-hybridized carbons (Fsp3) is 0.450. The van der Waals surface area contributed by atoms with Crippen molar-refractivity contribution in [3.05, 3.63) is 41.9 Å². The van der Waals surface area contributed by atoms with Crippen molar-refractivity contribution >= 4 is 11.7 Å². The minimum atomic E-state index is -0.591. The van der Waals surface area contributed by atoms with E-state index in [2.05, 4.69) is 41.2 Å². The van der Waals surface area contributed by atoms with Crippen molar-refractivity contribution in [2.45, 2.75) is 46.1 Å². The number of amides is 1. The van der Waals surface area contributed by atoms with Gasteiger partial charge in [0.05, 0.1) is 23.9 Å². The molecule has 0 aliphatic carbocycles. The Morgan fingerprint density at radius 3 is 2.64 bits per heavy atom. The number of aromatic amines is 1. The smallest absolute Gasteiger partial charge is 0.233 e. The predicted molar refractivity (Wildman–Crippen MR) is 96.9 cm³/mol. The van der Waals surface area contributed by atoms with Gasteiger partial charge in [0.25, 0.3) is 0 Å². The SMILES string of the molecule is CC(=O)C(C)C(=O)N1CCCCC1c1ncc(-c2ccc(C)cc2)[nH]1. The van der Waals surface area contributed by atoms with Crippen molar-refractivity contribution in [2.24, 2.45) is 5.92 Å². The summed E-state index contributed by atoms with van der Waals surface area (Å²) >= 11 is 0. The number of ketones is 1. The third-order valence-electron chi connectivity index (χ3n) is 5.04. The fourth-order valence-electron chi connectivity index (χ4n) is 3.29. The summed E-state index contributed by atoms with van der Waals surface area (Å²) in [6.45, 7) is 5.91. The molecule has 1 aliphatic rings. The Hall–Kier alpha value is -2.43. The summed E-state index contributed by atoms with van der Waals surface area (Å²) in [5, 5.41) is 0. The number of aromatic nitrogens is 2. The molecule has 2 unspecified atom stereocenters. The van der Waals surface area contributed by atoms with Crippen LogP contribution in [-0.2, 0) is 9.59 Å². The molecule has 0 spiro atoms. The lowest BCUT2D eigenvalue weighted by Gasteiger charge is -2.35. The van der Waals surface area contributed by atoms with Gasteiger partial charge in [-0.25, -0.2) is 4.98 Å². The van der Waals surface area contributed by atoms with E-state index in [1.54, 1.807) is 6.92 Å². The summed E-state index contributed by atoms with van der Waals surface area (Å²) in [5.74, 6) is 0.0334. The standard InChI is InChI=1S/C20H25N3O2/c1-13-7-9-16(10-8-13)17-12-21-19(22-17)18-6-4-5-11-23(18)20(25)14(2)15(3)24/h7-10,12,14,18H,4-6,11H2,1-3H3,(H,21,22). The number of rotatable bonds is 4. The molecule has 5 nitrogen and oxygen atoms in total. The van der Waals surface area contributed by atoms with Crippen LogP contribution in [0.3, 0.4) is 0 Å². The average molecular weight is 339 g/mol. The van der Waals surface area contributed by atoms with Crippen LogP contribution in [0, 0.1) is 12.8 Å². The number of H-pyrrole nitrogens is 1. The van der Waals surface area contributed by atoms with Crippen molar-refractivity contribution in [1.29, 1.82) is 0 Å². The second-order valence-electron chi connectivity index (χ2n) is 6.92. The number of carbonyl (C=O) groups excluding carboxylic acids is 2. The second kappa shape index (κ2) is 7.21. The molecule has 2 aromatic rings. The van der Waals surface area contributed by atoms with E-state index in [0.29, 0.717) is 6.54 Å². The van der Waals surface area contributed by atoms with Crippen molar-refractivity contribution in [1.82, 2.24) is 14.9 Å².